The molecule has 3 aromatic rings. The van der Waals surface area contributed by atoms with E-state index in [0.717, 1.165) is 59.9 Å². The van der Waals surface area contributed by atoms with Crippen LogP contribution < -0.4 is 9.64 Å². The van der Waals surface area contributed by atoms with Crippen LogP contribution in [0.4, 0.5) is 5.69 Å². The van der Waals surface area contributed by atoms with Gasteiger partial charge in [-0.25, -0.2) is 4.98 Å². The Balaban J connectivity index is 1.71. The van der Waals surface area contributed by atoms with Crippen LogP contribution in [0.5, 0.6) is 5.75 Å². The number of H-pyrrole nitrogens is 1. The smallest absolute Gasteiger partial charge is 0.142 e. The Morgan fingerprint density at radius 3 is 2.83 bits per heavy atom. The van der Waals surface area contributed by atoms with Gasteiger partial charge in [-0.05, 0) is 29.8 Å². The molecule has 0 atom stereocenters. The maximum Gasteiger partial charge on any atom is 0.142 e. The molecule has 0 saturated carbocycles. The van der Waals surface area contributed by atoms with Gasteiger partial charge in [-0.15, -0.1) is 0 Å². The summed E-state index contributed by atoms with van der Waals surface area (Å²) in [6.07, 6.45) is 3.80. The van der Waals surface area contributed by atoms with Crippen molar-refractivity contribution in [1.29, 1.82) is 0 Å². The van der Waals surface area contributed by atoms with Gasteiger partial charge < -0.3 is 19.4 Å². The zero-order valence-corrected chi connectivity index (χ0v) is 13.1. The van der Waals surface area contributed by atoms with Gasteiger partial charge in [0.25, 0.3) is 0 Å². The summed E-state index contributed by atoms with van der Waals surface area (Å²) in [5.74, 6) is 0.888. The topological polar surface area (TPSA) is 50.4 Å². The number of methoxy groups -OCH3 is 1. The average Bonchev–Trinajstić information content (AvgIpc) is 3.09. The fourth-order valence-electron chi connectivity index (χ4n) is 3.02. The summed E-state index contributed by atoms with van der Waals surface area (Å²) in [5, 5.41) is 1.11. The van der Waals surface area contributed by atoms with Crippen LogP contribution in [0.25, 0.3) is 22.2 Å². The minimum Gasteiger partial charge on any atom is -0.495 e. The van der Waals surface area contributed by atoms with E-state index in [4.69, 9.17) is 9.47 Å². The number of benzene rings is 1. The van der Waals surface area contributed by atoms with Gasteiger partial charge in [0.1, 0.15) is 11.4 Å². The Morgan fingerprint density at radius 1 is 1.13 bits per heavy atom. The lowest BCUT2D eigenvalue weighted by molar-refractivity contribution is 0.122. The summed E-state index contributed by atoms with van der Waals surface area (Å²) in [6, 6.07) is 10.5. The highest BCUT2D eigenvalue weighted by molar-refractivity contribution is 5.82. The molecule has 1 N–H and O–H groups in total. The fraction of sp³-hybridized carbons (Fsp3) is 0.278. The van der Waals surface area contributed by atoms with Crippen molar-refractivity contribution in [2.75, 3.05) is 38.3 Å². The monoisotopic (exact) mass is 309 g/mol. The van der Waals surface area contributed by atoms with E-state index in [1.807, 2.05) is 18.5 Å². The first kappa shape index (κ1) is 14.1. The van der Waals surface area contributed by atoms with Gasteiger partial charge in [-0.1, -0.05) is 6.07 Å². The van der Waals surface area contributed by atoms with Crippen molar-refractivity contribution >= 4 is 16.7 Å². The Kier molecular flexibility index (Phi) is 3.63. The first-order valence-corrected chi connectivity index (χ1v) is 7.79. The number of nitrogens with one attached hydrogen (secondary N) is 1. The lowest BCUT2D eigenvalue weighted by atomic mass is 10.1. The van der Waals surface area contributed by atoms with Crippen molar-refractivity contribution in [2.24, 2.45) is 0 Å². The number of pyridine rings is 1. The largest absolute Gasteiger partial charge is 0.495 e. The summed E-state index contributed by atoms with van der Waals surface area (Å²) in [7, 11) is 1.72. The molecular formula is C18H19N3O2. The van der Waals surface area contributed by atoms with Crippen LogP contribution in [0.3, 0.4) is 0 Å². The number of nitrogens with zero attached hydrogens (tertiary/aromatic N) is 2. The van der Waals surface area contributed by atoms with Crippen LogP contribution in [-0.2, 0) is 4.74 Å². The minimum atomic E-state index is 0.763. The molecule has 2 aromatic heterocycles. The highest BCUT2D eigenvalue weighted by atomic mass is 16.5. The predicted octanol–water partition coefficient (Wildman–Crippen LogP) is 3.08. The van der Waals surface area contributed by atoms with Crippen molar-refractivity contribution in [3.8, 4) is 16.9 Å². The minimum absolute atomic E-state index is 0.763. The molecule has 1 aromatic carbocycles. The van der Waals surface area contributed by atoms with Crippen LogP contribution in [0.15, 0.2) is 42.7 Å². The number of rotatable bonds is 3. The third-order valence-corrected chi connectivity index (χ3v) is 4.26. The molecule has 0 bridgehead atoms. The van der Waals surface area contributed by atoms with E-state index in [-0.39, 0.29) is 0 Å². The van der Waals surface area contributed by atoms with Crippen LogP contribution in [-0.4, -0.2) is 43.4 Å². The van der Waals surface area contributed by atoms with E-state index in [2.05, 4.69) is 39.1 Å². The SMILES string of the molecule is COc1cc(-c2cnc3[nH]ccc3c2)ccc1N1CCOCC1. The molecule has 23 heavy (non-hydrogen) atoms. The second-order valence-corrected chi connectivity index (χ2v) is 5.63. The second-order valence-electron chi connectivity index (χ2n) is 5.63. The van der Waals surface area contributed by atoms with E-state index >= 15 is 0 Å². The molecule has 1 aliphatic heterocycles. The van der Waals surface area contributed by atoms with E-state index in [0.29, 0.717) is 0 Å². The zero-order valence-electron chi connectivity index (χ0n) is 13.1. The third-order valence-electron chi connectivity index (χ3n) is 4.26. The molecule has 0 spiro atoms. The molecule has 3 heterocycles. The molecular weight excluding hydrogens is 290 g/mol. The van der Waals surface area contributed by atoms with E-state index in [1.165, 1.54) is 0 Å². The molecule has 1 saturated heterocycles. The van der Waals surface area contributed by atoms with Crippen molar-refractivity contribution in [2.45, 2.75) is 0 Å². The number of ether oxygens (including phenoxy) is 2. The number of aromatic nitrogens is 2. The Hall–Kier alpha value is -2.53. The summed E-state index contributed by atoms with van der Waals surface area (Å²) < 4.78 is 11.1. The first-order valence-electron chi connectivity index (χ1n) is 7.79. The van der Waals surface area contributed by atoms with Gasteiger partial charge >= 0.3 is 0 Å². The molecule has 5 heteroatoms. The highest BCUT2D eigenvalue weighted by Crippen LogP contribution is 2.34. The van der Waals surface area contributed by atoms with E-state index < -0.39 is 0 Å². The Labute approximate surface area is 134 Å². The number of aromatic amines is 1. The standard InChI is InChI=1S/C18H19N3O2/c1-22-17-11-13(2-3-16(17)21-6-8-23-9-7-21)15-10-14-4-5-19-18(14)20-12-15/h2-5,10-12H,6-9H2,1H3,(H,19,20). The molecule has 1 aliphatic rings. The summed E-state index contributed by atoms with van der Waals surface area (Å²) in [6.45, 7) is 3.32. The summed E-state index contributed by atoms with van der Waals surface area (Å²) in [5.41, 5.74) is 4.22. The summed E-state index contributed by atoms with van der Waals surface area (Å²) >= 11 is 0. The van der Waals surface area contributed by atoms with Gasteiger partial charge in [0, 0.05) is 36.4 Å². The van der Waals surface area contributed by atoms with Crippen LogP contribution >= 0.6 is 0 Å². The van der Waals surface area contributed by atoms with E-state index in [1.54, 1.807) is 7.11 Å². The van der Waals surface area contributed by atoms with Gasteiger partial charge in [-0.2, -0.15) is 0 Å². The second kappa shape index (κ2) is 5.93. The van der Waals surface area contributed by atoms with Gasteiger partial charge in [-0.3, -0.25) is 0 Å². The van der Waals surface area contributed by atoms with E-state index in [9.17, 15) is 0 Å². The molecule has 0 radical (unpaired) electrons. The van der Waals surface area contributed by atoms with Crippen LogP contribution in [0.2, 0.25) is 0 Å². The van der Waals surface area contributed by atoms with Crippen molar-refractivity contribution in [3.63, 3.8) is 0 Å². The molecule has 118 valence electrons. The Bertz CT molecular complexity index is 822. The number of morpholine rings is 1. The molecule has 4 rings (SSSR count). The van der Waals surface area contributed by atoms with Gasteiger partial charge in [0.15, 0.2) is 0 Å². The van der Waals surface area contributed by atoms with Gasteiger partial charge in [0.2, 0.25) is 0 Å². The lowest BCUT2D eigenvalue weighted by Crippen LogP contribution is -2.36. The normalized spacial score (nSPS) is 15.1. The quantitative estimate of drug-likeness (QED) is 0.808. The Morgan fingerprint density at radius 2 is 2.00 bits per heavy atom. The number of fused-ring (bicyclic) bond motifs is 1. The zero-order chi connectivity index (χ0) is 15.6. The van der Waals surface area contributed by atoms with Gasteiger partial charge in [0.05, 0.1) is 26.0 Å². The van der Waals surface area contributed by atoms with Crippen molar-refractivity contribution in [3.05, 3.63) is 42.7 Å². The molecule has 0 unspecified atom stereocenters. The molecule has 0 amide bonds. The maximum absolute atomic E-state index is 5.62. The number of hydrogen-bond acceptors (Lipinski definition) is 4. The lowest BCUT2D eigenvalue weighted by Gasteiger charge is -2.30. The molecule has 5 nitrogen and oxygen atoms in total. The maximum atomic E-state index is 5.62. The van der Waals surface area contributed by atoms with Crippen molar-refractivity contribution < 1.29 is 9.47 Å². The summed E-state index contributed by atoms with van der Waals surface area (Å²) in [4.78, 5) is 9.89. The van der Waals surface area contributed by atoms with Crippen LogP contribution in [0, 0.1) is 0 Å². The first-order chi connectivity index (χ1) is 11.3. The number of hydrogen-bond donors (Lipinski definition) is 1. The molecule has 1 fully saturated rings. The predicted molar refractivity (Wildman–Crippen MR) is 91.1 cm³/mol. The average molecular weight is 309 g/mol. The fourth-order valence-corrected chi connectivity index (χ4v) is 3.02. The highest BCUT2D eigenvalue weighted by Gasteiger charge is 2.16. The molecule has 0 aliphatic carbocycles. The van der Waals surface area contributed by atoms with Crippen molar-refractivity contribution in [1.82, 2.24) is 9.97 Å². The van der Waals surface area contributed by atoms with Crippen LogP contribution in [0.1, 0.15) is 0 Å². The third kappa shape index (κ3) is 2.64. The number of anilines is 1.